The first-order valence-corrected chi connectivity index (χ1v) is 8.91. The Morgan fingerprint density at radius 1 is 1.45 bits per heavy atom. The maximum Gasteiger partial charge on any atom is 0.276 e. The van der Waals surface area contributed by atoms with E-state index in [1.54, 1.807) is 0 Å². The van der Waals surface area contributed by atoms with Gasteiger partial charge in [0.1, 0.15) is 5.76 Å². The van der Waals surface area contributed by atoms with Crippen LogP contribution in [0, 0.1) is 6.92 Å². The highest BCUT2D eigenvalue weighted by Crippen LogP contribution is 2.30. The maximum atomic E-state index is 11.4. The summed E-state index contributed by atoms with van der Waals surface area (Å²) in [5, 5.41) is 12.1. The predicted octanol–water partition coefficient (Wildman–Crippen LogP) is 1.56. The fraction of sp³-hybridized carbons (Fsp3) is 0.545. The van der Waals surface area contributed by atoms with Crippen molar-refractivity contribution in [3.05, 3.63) is 23.4 Å². The zero-order valence-electron chi connectivity index (χ0n) is 10.8. The Kier molecular flexibility index (Phi) is 3.55. The van der Waals surface area contributed by atoms with E-state index in [-0.39, 0.29) is 17.4 Å². The number of sulfone groups is 1. The Labute approximate surface area is 120 Å². The molecule has 1 saturated heterocycles. The SMILES string of the molecule is Cc1cc(CSc2nnc([C@@H]3CCS(=O)(=O)C3)o2)no1. The molecule has 2 aromatic rings. The van der Waals surface area contributed by atoms with Crippen LogP contribution in [0.5, 0.6) is 0 Å². The lowest BCUT2D eigenvalue weighted by atomic mass is 10.1. The molecule has 108 valence electrons. The molecule has 1 aliphatic heterocycles. The molecule has 2 aromatic heterocycles. The maximum absolute atomic E-state index is 11.4. The molecule has 0 unspecified atom stereocenters. The van der Waals surface area contributed by atoms with E-state index in [1.165, 1.54) is 11.8 Å². The molecule has 3 heterocycles. The van der Waals surface area contributed by atoms with Crippen molar-refractivity contribution in [3.63, 3.8) is 0 Å². The summed E-state index contributed by atoms with van der Waals surface area (Å²) < 4.78 is 33.3. The van der Waals surface area contributed by atoms with E-state index in [9.17, 15) is 8.42 Å². The highest BCUT2D eigenvalue weighted by molar-refractivity contribution is 7.98. The first-order chi connectivity index (χ1) is 9.52. The topological polar surface area (TPSA) is 99.1 Å². The Balaban J connectivity index is 1.62. The second-order valence-electron chi connectivity index (χ2n) is 4.72. The summed E-state index contributed by atoms with van der Waals surface area (Å²) >= 11 is 1.35. The fourth-order valence-corrected chi connectivity index (χ4v) is 4.44. The van der Waals surface area contributed by atoms with Gasteiger partial charge in [-0.3, -0.25) is 0 Å². The number of hydrogen-bond donors (Lipinski definition) is 0. The molecule has 0 bridgehead atoms. The van der Waals surface area contributed by atoms with Gasteiger partial charge in [0, 0.05) is 11.8 Å². The van der Waals surface area contributed by atoms with Crippen molar-refractivity contribution in [1.82, 2.24) is 15.4 Å². The minimum Gasteiger partial charge on any atom is -0.416 e. The number of aryl methyl sites for hydroxylation is 1. The predicted molar refractivity (Wildman–Crippen MR) is 71.1 cm³/mol. The van der Waals surface area contributed by atoms with Gasteiger partial charge < -0.3 is 8.94 Å². The van der Waals surface area contributed by atoms with Crippen LogP contribution < -0.4 is 0 Å². The van der Waals surface area contributed by atoms with Gasteiger partial charge in [0.2, 0.25) is 5.89 Å². The summed E-state index contributed by atoms with van der Waals surface area (Å²) in [6, 6.07) is 1.84. The van der Waals surface area contributed by atoms with E-state index in [0.29, 0.717) is 23.3 Å². The second kappa shape index (κ2) is 5.21. The quantitative estimate of drug-likeness (QED) is 0.784. The van der Waals surface area contributed by atoms with Crippen LogP contribution in [-0.2, 0) is 15.6 Å². The lowest BCUT2D eigenvalue weighted by Crippen LogP contribution is -2.03. The van der Waals surface area contributed by atoms with Crippen molar-refractivity contribution in [3.8, 4) is 0 Å². The smallest absolute Gasteiger partial charge is 0.276 e. The Morgan fingerprint density at radius 3 is 2.95 bits per heavy atom. The fourth-order valence-electron chi connectivity index (χ4n) is 2.06. The normalized spacial score (nSPS) is 21.4. The van der Waals surface area contributed by atoms with Crippen molar-refractivity contribution in [2.45, 2.75) is 30.2 Å². The van der Waals surface area contributed by atoms with Crippen molar-refractivity contribution in [1.29, 1.82) is 0 Å². The van der Waals surface area contributed by atoms with Crippen LogP contribution in [0.25, 0.3) is 0 Å². The van der Waals surface area contributed by atoms with Gasteiger partial charge in [0.15, 0.2) is 9.84 Å². The summed E-state index contributed by atoms with van der Waals surface area (Å²) in [6.45, 7) is 1.83. The van der Waals surface area contributed by atoms with E-state index in [4.69, 9.17) is 8.94 Å². The third kappa shape index (κ3) is 3.04. The lowest BCUT2D eigenvalue weighted by Gasteiger charge is -1.98. The van der Waals surface area contributed by atoms with E-state index in [0.717, 1.165) is 11.5 Å². The zero-order valence-corrected chi connectivity index (χ0v) is 12.4. The van der Waals surface area contributed by atoms with Crippen molar-refractivity contribution >= 4 is 21.6 Å². The van der Waals surface area contributed by atoms with Gasteiger partial charge in [-0.25, -0.2) is 8.42 Å². The molecule has 9 heteroatoms. The van der Waals surface area contributed by atoms with Gasteiger partial charge >= 0.3 is 0 Å². The summed E-state index contributed by atoms with van der Waals surface area (Å²) in [6.07, 6.45) is 0.553. The molecular weight excluding hydrogens is 302 g/mol. The van der Waals surface area contributed by atoms with Crippen LogP contribution in [0.3, 0.4) is 0 Å². The number of aromatic nitrogens is 3. The third-order valence-corrected chi connectivity index (χ3v) is 5.64. The standard InChI is InChI=1S/C11H13N3O4S2/c1-7-4-9(14-18-7)5-19-11-13-12-10(17-11)8-2-3-20(15,16)6-8/h4,8H,2-3,5-6H2,1H3/t8-/m1/s1. The first kappa shape index (κ1) is 13.6. The first-order valence-electron chi connectivity index (χ1n) is 6.11. The van der Waals surface area contributed by atoms with Gasteiger partial charge in [-0.1, -0.05) is 16.9 Å². The number of thioether (sulfide) groups is 1. The molecule has 0 radical (unpaired) electrons. The molecule has 0 aliphatic carbocycles. The number of hydrogen-bond acceptors (Lipinski definition) is 8. The van der Waals surface area contributed by atoms with Gasteiger partial charge in [-0.05, 0) is 13.3 Å². The molecule has 0 saturated carbocycles. The Bertz CT molecular complexity index is 707. The number of rotatable bonds is 4. The van der Waals surface area contributed by atoms with E-state index < -0.39 is 9.84 Å². The van der Waals surface area contributed by atoms with Crippen LogP contribution in [0.15, 0.2) is 20.2 Å². The monoisotopic (exact) mass is 315 g/mol. The van der Waals surface area contributed by atoms with Gasteiger partial charge in [0.25, 0.3) is 5.22 Å². The highest BCUT2D eigenvalue weighted by Gasteiger charge is 2.32. The van der Waals surface area contributed by atoms with E-state index >= 15 is 0 Å². The number of nitrogens with zero attached hydrogens (tertiary/aromatic N) is 3. The van der Waals surface area contributed by atoms with Crippen molar-refractivity contribution < 1.29 is 17.4 Å². The van der Waals surface area contributed by atoms with Crippen LogP contribution in [-0.4, -0.2) is 35.3 Å². The van der Waals surface area contributed by atoms with Crippen molar-refractivity contribution in [2.75, 3.05) is 11.5 Å². The molecule has 3 rings (SSSR count). The minimum absolute atomic E-state index is 0.0990. The van der Waals surface area contributed by atoms with Gasteiger partial charge in [-0.15, -0.1) is 10.2 Å². The van der Waals surface area contributed by atoms with Crippen LogP contribution in [0.4, 0.5) is 0 Å². The second-order valence-corrected chi connectivity index (χ2v) is 7.88. The van der Waals surface area contributed by atoms with Crippen molar-refractivity contribution in [2.24, 2.45) is 0 Å². The molecule has 20 heavy (non-hydrogen) atoms. The highest BCUT2D eigenvalue weighted by atomic mass is 32.2. The Hall–Kier alpha value is -1.35. The van der Waals surface area contributed by atoms with Crippen LogP contribution in [0.1, 0.15) is 29.7 Å². The minimum atomic E-state index is -2.94. The molecule has 7 nitrogen and oxygen atoms in total. The van der Waals surface area contributed by atoms with Gasteiger partial charge in [0.05, 0.1) is 23.1 Å². The van der Waals surface area contributed by atoms with Gasteiger partial charge in [-0.2, -0.15) is 0 Å². The molecule has 0 N–H and O–H groups in total. The molecule has 0 aromatic carbocycles. The molecule has 0 amide bonds. The molecule has 1 atom stereocenters. The Morgan fingerprint density at radius 2 is 2.30 bits per heavy atom. The van der Waals surface area contributed by atoms with E-state index in [2.05, 4.69) is 15.4 Å². The summed E-state index contributed by atoms with van der Waals surface area (Å²) in [5.41, 5.74) is 0.802. The molecular formula is C11H13N3O4S2. The average molecular weight is 315 g/mol. The summed E-state index contributed by atoms with van der Waals surface area (Å²) in [7, 11) is -2.94. The largest absolute Gasteiger partial charge is 0.416 e. The van der Waals surface area contributed by atoms with Crippen LogP contribution >= 0.6 is 11.8 Å². The molecule has 1 aliphatic rings. The van der Waals surface area contributed by atoms with E-state index in [1.807, 2.05) is 13.0 Å². The average Bonchev–Trinajstić information content (AvgIpc) is 3.07. The zero-order chi connectivity index (χ0) is 14.2. The summed E-state index contributed by atoms with van der Waals surface area (Å²) in [4.78, 5) is 0. The lowest BCUT2D eigenvalue weighted by molar-refractivity contribution is 0.390. The third-order valence-electron chi connectivity index (χ3n) is 3.02. The van der Waals surface area contributed by atoms with Crippen LogP contribution in [0.2, 0.25) is 0 Å². The summed E-state index contributed by atoms with van der Waals surface area (Å²) in [5.74, 6) is 1.86. The molecule has 1 fully saturated rings. The molecule has 0 spiro atoms.